The number of para-hydroxylation sites is 1. The Morgan fingerprint density at radius 1 is 1.04 bits per heavy atom. The van der Waals surface area contributed by atoms with Crippen molar-refractivity contribution in [3.63, 3.8) is 0 Å². The van der Waals surface area contributed by atoms with Gasteiger partial charge in [-0.2, -0.15) is 0 Å². The van der Waals surface area contributed by atoms with Crippen LogP contribution in [0.1, 0.15) is 29.0 Å². The Hall–Kier alpha value is -2.64. The van der Waals surface area contributed by atoms with Crippen molar-refractivity contribution < 1.29 is 17.6 Å². The van der Waals surface area contributed by atoms with Crippen molar-refractivity contribution in [2.75, 3.05) is 13.1 Å². The number of benzene rings is 2. The molecule has 2 heterocycles. The van der Waals surface area contributed by atoms with Gasteiger partial charge in [0.2, 0.25) is 10.0 Å². The quantitative estimate of drug-likeness (QED) is 0.731. The molecule has 7 heteroatoms. The molecule has 28 heavy (non-hydrogen) atoms. The summed E-state index contributed by atoms with van der Waals surface area (Å²) in [4.78, 5) is 14.9. The van der Waals surface area contributed by atoms with Crippen LogP contribution in [0.4, 0.5) is 0 Å². The molecule has 3 aromatic rings. The van der Waals surface area contributed by atoms with Crippen molar-refractivity contribution in [2.24, 2.45) is 0 Å². The molecule has 6 nitrogen and oxygen atoms in total. The van der Waals surface area contributed by atoms with Crippen molar-refractivity contribution >= 4 is 26.9 Å². The van der Waals surface area contributed by atoms with E-state index in [0.29, 0.717) is 37.3 Å². The summed E-state index contributed by atoms with van der Waals surface area (Å²) in [5.74, 6) is 0.225. The summed E-state index contributed by atoms with van der Waals surface area (Å²) in [6, 6.07) is 15.7. The number of hydrogen-bond donors (Lipinski definition) is 1. The normalized spacial score (nSPS) is 15.8. The molecule has 0 saturated carbocycles. The van der Waals surface area contributed by atoms with Crippen LogP contribution in [0.15, 0.2) is 63.9 Å². The Morgan fingerprint density at radius 3 is 2.36 bits per heavy atom. The van der Waals surface area contributed by atoms with Crippen molar-refractivity contribution in [3.05, 3.63) is 65.9 Å². The molecule has 146 valence electrons. The fourth-order valence-electron chi connectivity index (χ4n) is 3.61. The Bertz CT molecular complexity index is 1100. The number of rotatable bonds is 4. The molecule has 0 bridgehead atoms. The van der Waals surface area contributed by atoms with Crippen LogP contribution in [0.3, 0.4) is 0 Å². The van der Waals surface area contributed by atoms with Crippen LogP contribution in [0.25, 0.3) is 11.0 Å². The van der Waals surface area contributed by atoms with Crippen molar-refractivity contribution in [3.8, 4) is 0 Å². The van der Waals surface area contributed by atoms with Gasteiger partial charge in [-0.05, 0) is 38.0 Å². The Labute approximate surface area is 164 Å². The third-order valence-electron chi connectivity index (χ3n) is 5.20. The number of amides is 1. The van der Waals surface area contributed by atoms with Crippen LogP contribution in [0, 0.1) is 6.92 Å². The molecule has 4 rings (SSSR count). The molecule has 1 N–H and O–H groups in total. The van der Waals surface area contributed by atoms with Gasteiger partial charge < -0.3 is 9.32 Å². The minimum absolute atomic E-state index is 0.141. The minimum atomic E-state index is -3.55. The summed E-state index contributed by atoms with van der Waals surface area (Å²) >= 11 is 0. The second-order valence-electron chi connectivity index (χ2n) is 7.05. The molecule has 2 aromatic carbocycles. The van der Waals surface area contributed by atoms with Crippen LogP contribution >= 0.6 is 0 Å². The van der Waals surface area contributed by atoms with Gasteiger partial charge in [0.1, 0.15) is 5.58 Å². The Kier molecular flexibility index (Phi) is 4.95. The van der Waals surface area contributed by atoms with E-state index in [9.17, 15) is 13.2 Å². The molecule has 1 fully saturated rings. The van der Waals surface area contributed by atoms with E-state index in [0.717, 1.165) is 10.9 Å². The standard InChI is InChI=1S/C21H22N2O4S/c1-15-18-9-5-6-10-19(18)27-20(15)21(24)23-13-11-16(12-14-23)22-28(25,26)17-7-3-2-4-8-17/h2-10,16,22H,11-14H2,1H3. The first-order chi connectivity index (χ1) is 13.5. The van der Waals surface area contributed by atoms with E-state index in [1.807, 2.05) is 31.2 Å². The maximum Gasteiger partial charge on any atom is 0.289 e. The number of hydrogen-bond acceptors (Lipinski definition) is 4. The number of furan rings is 1. The van der Waals surface area contributed by atoms with Gasteiger partial charge in [-0.1, -0.05) is 36.4 Å². The minimum Gasteiger partial charge on any atom is -0.451 e. The molecule has 1 aliphatic heterocycles. The van der Waals surface area contributed by atoms with E-state index in [-0.39, 0.29) is 16.8 Å². The lowest BCUT2D eigenvalue weighted by Crippen LogP contribution is -2.46. The molecular weight excluding hydrogens is 376 g/mol. The highest BCUT2D eigenvalue weighted by atomic mass is 32.2. The van der Waals surface area contributed by atoms with Gasteiger partial charge in [0.25, 0.3) is 5.91 Å². The number of nitrogens with one attached hydrogen (secondary N) is 1. The summed E-state index contributed by atoms with van der Waals surface area (Å²) in [7, 11) is -3.55. The molecule has 1 aliphatic rings. The Morgan fingerprint density at radius 2 is 1.68 bits per heavy atom. The van der Waals surface area contributed by atoms with Crippen LogP contribution in [-0.4, -0.2) is 38.4 Å². The molecule has 0 atom stereocenters. The number of sulfonamides is 1. The zero-order valence-electron chi connectivity index (χ0n) is 15.6. The van der Waals surface area contributed by atoms with Crippen LogP contribution in [0.2, 0.25) is 0 Å². The van der Waals surface area contributed by atoms with Gasteiger partial charge in [-0.3, -0.25) is 4.79 Å². The topological polar surface area (TPSA) is 79.6 Å². The number of aryl methyl sites for hydroxylation is 1. The van der Waals surface area contributed by atoms with E-state index < -0.39 is 10.0 Å². The van der Waals surface area contributed by atoms with E-state index in [1.165, 1.54) is 0 Å². The van der Waals surface area contributed by atoms with Crippen molar-refractivity contribution in [1.82, 2.24) is 9.62 Å². The van der Waals surface area contributed by atoms with Crippen LogP contribution < -0.4 is 4.72 Å². The third-order valence-corrected chi connectivity index (χ3v) is 6.73. The lowest BCUT2D eigenvalue weighted by atomic mass is 10.1. The highest BCUT2D eigenvalue weighted by molar-refractivity contribution is 7.89. The average molecular weight is 398 g/mol. The van der Waals surface area contributed by atoms with E-state index in [1.54, 1.807) is 35.2 Å². The molecule has 1 aromatic heterocycles. The molecule has 0 unspecified atom stereocenters. The van der Waals surface area contributed by atoms with Crippen LogP contribution in [0.5, 0.6) is 0 Å². The van der Waals surface area contributed by atoms with E-state index >= 15 is 0 Å². The van der Waals surface area contributed by atoms with Gasteiger partial charge in [-0.15, -0.1) is 0 Å². The first kappa shape index (κ1) is 18.7. The summed E-state index contributed by atoms with van der Waals surface area (Å²) in [6.07, 6.45) is 1.13. The fraction of sp³-hybridized carbons (Fsp3) is 0.286. The third kappa shape index (κ3) is 3.55. The maximum atomic E-state index is 12.9. The summed E-state index contributed by atoms with van der Waals surface area (Å²) in [5, 5.41) is 0.941. The van der Waals surface area contributed by atoms with E-state index in [2.05, 4.69) is 4.72 Å². The highest BCUT2D eigenvalue weighted by Crippen LogP contribution is 2.27. The molecule has 1 saturated heterocycles. The van der Waals surface area contributed by atoms with Gasteiger partial charge >= 0.3 is 0 Å². The lowest BCUT2D eigenvalue weighted by Gasteiger charge is -2.31. The molecule has 0 spiro atoms. The zero-order valence-corrected chi connectivity index (χ0v) is 16.4. The number of carbonyl (C=O) groups is 1. The molecule has 1 amide bonds. The smallest absolute Gasteiger partial charge is 0.289 e. The van der Waals surface area contributed by atoms with Crippen molar-refractivity contribution in [1.29, 1.82) is 0 Å². The second-order valence-corrected chi connectivity index (χ2v) is 8.77. The van der Waals surface area contributed by atoms with Gasteiger partial charge in [0.15, 0.2) is 5.76 Å². The number of fused-ring (bicyclic) bond motifs is 1. The highest BCUT2D eigenvalue weighted by Gasteiger charge is 2.29. The molecule has 0 radical (unpaired) electrons. The summed E-state index contributed by atoms with van der Waals surface area (Å²) in [6.45, 7) is 2.86. The fourth-order valence-corrected chi connectivity index (χ4v) is 4.94. The SMILES string of the molecule is Cc1c(C(=O)N2CCC(NS(=O)(=O)c3ccccc3)CC2)oc2ccccc12. The predicted octanol–water partition coefficient (Wildman–Crippen LogP) is 3.32. The average Bonchev–Trinajstić information content (AvgIpc) is 3.05. The number of carbonyl (C=O) groups excluding carboxylic acids is 1. The monoisotopic (exact) mass is 398 g/mol. The van der Waals surface area contributed by atoms with Gasteiger partial charge in [-0.25, -0.2) is 13.1 Å². The Balaban J connectivity index is 1.42. The maximum absolute atomic E-state index is 12.9. The van der Waals surface area contributed by atoms with Gasteiger partial charge in [0, 0.05) is 30.1 Å². The van der Waals surface area contributed by atoms with Crippen molar-refractivity contribution in [2.45, 2.75) is 30.7 Å². The summed E-state index contributed by atoms with van der Waals surface area (Å²) < 4.78 is 33.5. The number of likely N-dealkylation sites (tertiary alicyclic amines) is 1. The predicted molar refractivity (Wildman–Crippen MR) is 107 cm³/mol. The largest absolute Gasteiger partial charge is 0.451 e. The number of nitrogens with zero attached hydrogens (tertiary/aromatic N) is 1. The lowest BCUT2D eigenvalue weighted by molar-refractivity contribution is 0.0680. The van der Waals surface area contributed by atoms with E-state index in [4.69, 9.17) is 4.42 Å². The molecule has 0 aliphatic carbocycles. The number of piperidine rings is 1. The van der Waals surface area contributed by atoms with Gasteiger partial charge in [0.05, 0.1) is 4.90 Å². The summed E-state index contributed by atoms with van der Waals surface area (Å²) in [5.41, 5.74) is 1.54. The van der Waals surface area contributed by atoms with Crippen LogP contribution in [-0.2, 0) is 10.0 Å². The molecular formula is C21H22N2O4S. The first-order valence-corrected chi connectivity index (χ1v) is 10.8. The first-order valence-electron chi connectivity index (χ1n) is 9.30. The second kappa shape index (κ2) is 7.41. The zero-order chi connectivity index (χ0) is 19.7.